The fraction of sp³-hybridized carbons (Fsp3) is 0.562. The van der Waals surface area contributed by atoms with Gasteiger partial charge in [0.1, 0.15) is 11.6 Å². The monoisotopic (exact) mass is 345 g/mol. The van der Waals surface area contributed by atoms with Crippen molar-refractivity contribution in [3.8, 4) is 5.75 Å². The van der Waals surface area contributed by atoms with Crippen molar-refractivity contribution in [1.29, 1.82) is 0 Å². The lowest BCUT2D eigenvalue weighted by atomic mass is 10.1. The molecule has 0 aromatic heterocycles. The van der Waals surface area contributed by atoms with E-state index in [1.807, 2.05) is 4.90 Å². The first kappa shape index (κ1) is 18.4. The van der Waals surface area contributed by atoms with Gasteiger partial charge in [0, 0.05) is 45.3 Å². The number of rotatable bonds is 6. The van der Waals surface area contributed by atoms with Gasteiger partial charge in [-0.2, -0.15) is 8.78 Å². The van der Waals surface area contributed by atoms with Crippen molar-refractivity contribution in [2.75, 3.05) is 33.9 Å². The summed E-state index contributed by atoms with van der Waals surface area (Å²) in [6.45, 7) is -0.727. The highest BCUT2D eigenvalue weighted by molar-refractivity contribution is 5.80. The summed E-state index contributed by atoms with van der Waals surface area (Å²) >= 11 is 0. The van der Waals surface area contributed by atoms with Gasteiger partial charge < -0.3 is 19.7 Å². The molecule has 0 aliphatic carbocycles. The lowest BCUT2D eigenvalue weighted by Crippen LogP contribution is -2.40. The molecule has 1 aromatic carbocycles. The summed E-state index contributed by atoms with van der Waals surface area (Å²) in [7, 11) is 3.29. The molecule has 0 bridgehead atoms. The Hall–Kier alpha value is -1.96. The summed E-state index contributed by atoms with van der Waals surface area (Å²) in [4.78, 5) is 6.22. The molecule has 1 aliphatic rings. The third-order valence-electron chi connectivity index (χ3n) is 3.91. The summed E-state index contributed by atoms with van der Waals surface area (Å²) in [6, 6.07) is 3.86. The van der Waals surface area contributed by atoms with Crippen molar-refractivity contribution in [1.82, 2.24) is 10.2 Å². The summed E-state index contributed by atoms with van der Waals surface area (Å²) < 4.78 is 48.4. The van der Waals surface area contributed by atoms with Crippen LogP contribution in [0.2, 0.25) is 0 Å². The summed E-state index contributed by atoms with van der Waals surface area (Å²) in [6.07, 6.45) is 0.980. The first-order valence-corrected chi connectivity index (χ1v) is 7.71. The third kappa shape index (κ3) is 4.77. The van der Waals surface area contributed by atoms with E-state index in [1.165, 1.54) is 18.2 Å². The zero-order chi connectivity index (χ0) is 17.5. The average Bonchev–Trinajstić information content (AvgIpc) is 2.98. The molecular formula is C16H22F3N3O2. The standard InChI is InChI=1S/C16H22F3N3O2/c1-20-16(22-7-6-11(9-22)10-23-2)21-8-12-13(17)4-3-5-14(12)24-15(18)19/h3-5,11,15H,6-10H2,1-2H3,(H,20,21). The van der Waals surface area contributed by atoms with Crippen LogP contribution in [0.15, 0.2) is 23.2 Å². The molecule has 0 radical (unpaired) electrons. The van der Waals surface area contributed by atoms with E-state index in [2.05, 4.69) is 15.0 Å². The molecule has 1 aliphatic heterocycles. The van der Waals surface area contributed by atoms with E-state index in [1.54, 1.807) is 14.2 Å². The predicted octanol–water partition coefficient (Wildman–Crippen LogP) is 2.47. The van der Waals surface area contributed by atoms with Gasteiger partial charge in [0.15, 0.2) is 5.96 Å². The van der Waals surface area contributed by atoms with Crippen LogP contribution < -0.4 is 10.1 Å². The van der Waals surface area contributed by atoms with Crippen LogP contribution in [-0.4, -0.2) is 51.3 Å². The molecule has 1 unspecified atom stereocenters. The Morgan fingerprint density at radius 1 is 1.46 bits per heavy atom. The molecule has 0 amide bonds. The number of benzene rings is 1. The third-order valence-corrected chi connectivity index (χ3v) is 3.91. The van der Waals surface area contributed by atoms with Crippen LogP contribution in [0, 0.1) is 11.7 Å². The normalized spacial score (nSPS) is 18.3. The molecule has 1 saturated heterocycles. The van der Waals surface area contributed by atoms with E-state index in [0.717, 1.165) is 19.5 Å². The molecule has 2 rings (SSSR count). The lowest BCUT2D eigenvalue weighted by molar-refractivity contribution is -0.0506. The Labute approximate surface area is 139 Å². The van der Waals surface area contributed by atoms with Gasteiger partial charge in [-0.15, -0.1) is 0 Å². The summed E-state index contributed by atoms with van der Waals surface area (Å²) in [5, 5.41) is 3.01. The summed E-state index contributed by atoms with van der Waals surface area (Å²) in [5.74, 6) is 0.237. The number of nitrogens with zero attached hydrogens (tertiary/aromatic N) is 2. The van der Waals surface area contributed by atoms with Crippen molar-refractivity contribution in [2.24, 2.45) is 10.9 Å². The van der Waals surface area contributed by atoms with Crippen LogP contribution in [0.4, 0.5) is 13.2 Å². The highest BCUT2D eigenvalue weighted by atomic mass is 19.3. The Kier molecular flexibility index (Phi) is 6.72. The molecule has 1 fully saturated rings. The first-order chi connectivity index (χ1) is 11.5. The molecule has 1 atom stereocenters. The van der Waals surface area contributed by atoms with Crippen LogP contribution in [0.3, 0.4) is 0 Å². The largest absolute Gasteiger partial charge is 0.434 e. The molecule has 1 heterocycles. The van der Waals surface area contributed by atoms with E-state index in [-0.39, 0.29) is 17.9 Å². The minimum Gasteiger partial charge on any atom is -0.434 e. The fourth-order valence-electron chi connectivity index (χ4n) is 2.81. The van der Waals surface area contributed by atoms with E-state index in [9.17, 15) is 13.2 Å². The van der Waals surface area contributed by atoms with Gasteiger partial charge in [-0.25, -0.2) is 4.39 Å². The van der Waals surface area contributed by atoms with Crippen molar-refractivity contribution in [3.63, 3.8) is 0 Å². The van der Waals surface area contributed by atoms with Crippen LogP contribution in [0.5, 0.6) is 5.75 Å². The number of hydrogen-bond acceptors (Lipinski definition) is 3. The smallest absolute Gasteiger partial charge is 0.387 e. The van der Waals surface area contributed by atoms with Gasteiger partial charge in [0.25, 0.3) is 0 Å². The molecule has 8 heteroatoms. The number of hydrogen-bond donors (Lipinski definition) is 1. The van der Waals surface area contributed by atoms with E-state index < -0.39 is 12.4 Å². The van der Waals surface area contributed by atoms with Gasteiger partial charge >= 0.3 is 6.61 Å². The number of guanidine groups is 1. The van der Waals surface area contributed by atoms with E-state index in [0.29, 0.717) is 18.5 Å². The molecule has 24 heavy (non-hydrogen) atoms. The van der Waals surface area contributed by atoms with Gasteiger partial charge in [0.2, 0.25) is 0 Å². The van der Waals surface area contributed by atoms with E-state index in [4.69, 9.17) is 4.74 Å². The predicted molar refractivity (Wildman–Crippen MR) is 84.8 cm³/mol. The van der Waals surface area contributed by atoms with Crippen LogP contribution in [0.1, 0.15) is 12.0 Å². The van der Waals surface area contributed by atoms with Crippen molar-refractivity contribution >= 4 is 5.96 Å². The molecule has 5 nitrogen and oxygen atoms in total. The highest BCUT2D eigenvalue weighted by Gasteiger charge is 2.25. The second kappa shape index (κ2) is 8.77. The summed E-state index contributed by atoms with van der Waals surface area (Å²) in [5.41, 5.74) is 0.0478. The molecule has 0 saturated carbocycles. The lowest BCUT2D eigenvalue weighted by Gasteiger charge is -2.22. The number of likely N-dealkylation sites (tertiary alicyclic amines) is 1. The van der Waals surface area contributed by atoms with Crippen molar-refractivity contribution in [2.45, 2.75) is 19.6 Å². The Morgan fingerprint density at radius 2 is 2.25 bits per heavy atom. The Balaban J connectivity index is 2.01. The van der Waals surface area contributed by atoms with Gasteiger partial charge in [-0.1, -0.05) is 6.07 Å². The number of ether oxygens (including phenoxy) is 2. The number of methoxy groups -OCH3 is 1. The van der Waals surface area contributed by atoms with Gasteiger partial charge in [-0.3, -0.25) is 4.99 Å². The second-order valence-corrected chi connectivity index (χ2v) is 5.55. The number of halogens is 3. The maximum Gasteiger partial charge on any atom is 0.387 e. The molecular weight excluding hydrogens is 323 g/mol. The quantitative estimate of drug-likeness (QED) is 0.636. The molecule has 0 spiro atoms. The van der Waals surface area contributed by atoms with Crippen LogP contribution >= 0.6 is 0 Å². The maximum atomic E-state index is 14.0. The van der Waals surface area contributed by atoms with Crippen molar-refractivity contribution < 1.29 is 22.6 Å². The Bertz CT molecular complexity index is 569. The first-order valence-electron chi connectivity index (χ1n) is 7.71. The molecule has 1 aromatic rings. The van der Waals surface area contributed by atoms with Crippen molar-refractivity contribution in [3.05, 3.63) is 29.6 Å². The van der Waals surface area contributed by atoms with Crippen LogP contribution in [-0.2, 0) is 11.3 Å². The maximum absolute atomic E-state index is 14.0. The molecule has 1 N–H and O–H groups in total. The van der Waals surface area contributed by atoms with Gasteiger partial charge in [0.05, 0.1) is 6.61 Å². The SMILES string of the molecule is CN=C(NCc1c(F)cccc1OC(F)F)N1CCC(COC)C1. The number of aliphatic imine (C=N–C) groups is 1. The van der Waals surface area contributed by atoms with E-state index >= 15 is 0 Å². The highest BCUT2D eigenvalue weighted by Crippen LogP contribution is 2.23. The average molecular weight is 345 g/mol. The zero-order valence-electron chi connectivity index (χ0n) is 13.8. The number of alkyl halides is 2. The zero-order valence-corrected chi connectivity index (χ0v) is 13.8. The number of nitrogens with one attached hydrogen (secondary N) is 1. The minimum absolute atomic E-state index is 0.00679. The Morgan fingerprint density at radius 3 is 2.92 bits per heavy atom. The van der Waals surface area contributed by atoms with Gasteiger partial charge in [-0.05, 0) is 18.6 Å². The minimum atomic E-state index is -3.00. The fourth-order valence-corrected chi connectivity index (χ4v) is 2.81. The topological polar surface area (TPSA) is 46.1 Å². The molecule has 134 valence electrons. The second-order valence-electron chi connectivity index (χ2n) is 5.55. The van der Waals surface area contributed by atoms with Crippen LogP contribution in [0.25, 0.3) is 0 Å².